The molecule has 2 heterocycles. The van der Waals surface area contributed by atoms with Crippen molar-refractivity contribution in [2.45, 2.75) is 25.4 Å². The smallest absolute Gasteiger partial charge is 0.263 e. The fourth-order valence-electron chi connectivity index (χ4n) is 2.21. The van der Waals surface area contributed by atoms with Gasteiger partial charge >= 0.3 is 0 Å². The molecule has 5 heteroatoms. The molecule has 1 aliphatic rings. The molecule has 19 heavy (non-hydrogen) atoms. The average Bonchev–Trinajstić information content (AvgIpc) is 3.11. The first-order chi connectivity index (χ1) is 9.42. The molecule has 1 N–H and O–H groups in total. The predicted molar refractivity (Wildman–Crippen MR) is 71.8 cm³/mol. The lowest BCUT2D eigenvalue weighted by molar-refractivity contribution is 0.107. The van der Waals surface area contributed by atoms with Gasteiger partial charge in [0.25, 0.3) is 11.8 Å². The highest BCUT2D eigenvalue weighted by Gasteiger charge is 2.15. The third-order valence-corrected chi connectivity index (χ3v) is 3.22. The molecule has 1 fully saturated rings. The molecular formula is C14H17N3O2. The monoisotopic (exact) mass is 259 g/mol. The topological polar surface area (TPSA) is 60.2 Å². The summed E-state index contributed by atoms with van der Waals surface area (Å²) in [6, 6.07) is 9.75. The first-order valence-corrected chi connectivity index (χ1v) is 6.66. The summed E-state index contributed by atoms with van der Waals surface area (Å²) in [7, 11) is 0. The summed E-state index contributed by atoms with van der Waals surface area (Å²) in [4.78, 5) is 4.31. The number of nitrogens with zero attached hydrogens (tertiary/aromatic N) is 2. The number of nitrogens with one attached hydrogen (secondary N) is 1. The second kappa shape index (κ2) is 5.84. The normalized spacial score (nSPS) is 18.6. The fourth-order valence-corrected chi connectivity index (χ4v) is 2.21. The largest absolute Gasteiger partial charge is 0.378 e. The van der Waals surface area contributed by atoms with Crippen molar-refractivity contribution >= 4 is 5.95 Å². The van der Waals surface area contributed by atoms with Gasteiger partial charge in [-0.25, -0.2) is 0 Å². The number of rotatable bonds is 5. The SMILES string of the molecule is c1ccc(-c2nc(NCCC3CCCO3)no2)cc1. The van der Waals surface area contributed by atoms with Crippen LogP contribution in [0.2, 0.25) is 0 Å². The van der Waals surface area contributed by atoms with E-state index >= 15 is 0 Å². The van der Waals surface area contributed by atoms with E-state index < -0.39 is 0 Å². The zero-order valence-corrected chi connectivity index (χ0v) is 10.7. The van der Waals surface area contributed by atoms with Crippen LogP contribution in [-0.4, -0.2) is 29.4 Å². The van der Waals surface area contributed by atoms with Crippen LogP contribution >= 0.6 is 0 Å². The van der Waals surface area contributed by atoms with E-state index in [1.807, 2.05) is 30.3 Å². The van der Waals surface area contributed by atoms with Gasteiger partial charge in [-0.2, -0.15) is 4.98 Å². The van der Waals surface area contributed by atoms with Crippen LogP contribution in [0.25, 0.3) is 11.5 Å². The van der Waals surface area contributed by atoms with Gasteiger partial charge in [0.05, 0.1) is 6.10 Å². The van der Waals surface area contributed by atoms with Gasteiger partial charge in [-0.3, -0.25) is 0 Å². The quantitative estimate of drug-likeness (QED) is 0.894. The Morgan fingerprint density at radius 2 is 2.16 bits per heavy atom. The molecule has 3 rings (SSSR count). The molecule has 0 spiro atoms. The molecule has 5 nitrogen and oxygen atoms in total. The number of anilines is 1. The number of ether oxygens (including phenoxy) is 1. The highest BCUT2D eigenvalue weighted by Crippen LogP contribution is 2.18. The Bertz CT molecular complexity index is 506. The first kappa shape index (κ1) is 12.2. The van der Waals surface area contributed by atoms with Gasteiger partial charge in [-0.1, -0.05) is 18.2 Å². The third kappa shape index (κ3) is 3.12. The van der Waals surface area contributed by atoms with E-state index in [9.17, 15) is 0 Å². The number of hydrogen-bond acceptors (Lipinski definition) is 5. The van der Waals surface area contributed by atoms with Crippen molar-refractivity contribution in [1.82, 2.24) is 10.1 Å². The Labute approximate surface area is 112 Å². The molecule has 0 saturated carbocycles. The van der Waals surface area contributed by atoms with Gasteiger partial charge in [0.15, 0.2) is 0 Å². The van der Waals surface area contributed by atoms with E-state index in [2.05, 4.69) is 15.5 Å². The minimum Gasteiger partial charge on any atom is -0.378 e. The maximum Gasteiger partial charge on any atom is 0.263 e. The zero-order valence-electron chi connectivity index (χ0n) is 10.7. The van der Waals surface area contributed by atoms with Gasteiger partial charge in [0.2, 0.25) is 0 Å². The number of aromatic nitrogens is 2. The van der Waals surface area contributed by atoms with Crippen LogP contribution in [0.5, 0.6) is 0 Å². The Hall–Kier alpha value is -1.88. The van der Waals surface area contributed by atoms with Crippen molar-refractivity contribution in [1.29, 1.82) is 0 Å². The van der Waals surface area contributed by atoms with Gasteiger partial charge in [-0.05, 0) is 36.6 Å². The summed E-state index contributed by atoms with van der Waals surface area (Å²) < 4.78 is 10.8. The average molecular weight is 259 g/mol. The minimum absolute atomic E-state index is 0.382. The molecule has 2 aromatic rings. The van der Waals surface area contributed by atoms with Crippen molar-refractivity contribution < 1.29 is 9.26 Å². The molecule has 100 valence electrons. The fraction of sp³-hybridized carbons (Fsp3) is 0.429. The molecule has 1 aliphatic heterocycles. The van der Waals surface area contributed by atoms with Crippen molar-refractivity contribution in [3.05, 3.63) is 30.3 Å². The molecule has 1 saturated heterocycles. The van der Waals surface area contributed by atoms with Gasteiger partial charge in [0, 0.05) is 18.7 Å². The molecule has 1 aromatic carbocycles. The second-order valence-electron chi connectivity index (χ2n) is 4.64. The lowest BCUT2D eigenvalue weighted by Crippen LogP contribution is -2.12. The Balaban J connectivity index is 1.53. The second-order valence-corrected chi connectivity index (χ2v) is 4.64. The van der Waals surface area contributed by atoms with E-state index in [0.29, 0.717) is 17.9 Å². The van der Waals surface area contributed by atoms with E-state index in [0.717, 1.165) is 31.6 Å². The van der Waals surface area contributed by atoms with E-state index in [1.54, 1.807) is 0 Å². The van der Waals surface area contributed by atoms with Crippen LogP contribution < -0.4 is 5.32 Å². The van der Waals surface area contributed by atoms with Gasteiger partial charge in [-0.15, -0.1) is 0 Å². The van der Waals surface area contributed by atoms with E-state index in [4.69, 9.17) is 9.26 Å². The summed E-state index contributed by atoms with van der Waals surface area (Å²) in [5.74, 6) is 1.08. The van der Waals surface area contributed by atoms with Crippen LogP contribution in [0.15, 0.2) is 34.9 Å². The molecule has 1 atom stereocenters. The highest BCUT2D eigenvalue weighted by atomic mass is 16.5. The Kier molecular flexibility index (Phi) is 3.74. The van der Waals surface area contributed by atoms with Crippen molar-refractivity contribution in [3.63, 3.8) is 0 Å². The van der Waals surface area contributed by atoms with E-state index in [1.165, 1.54) is 6.42 Å². The molecule has 1 unspecified atom stereocenters. The van der Waals surface area contributed by atoms with Crippen LogP contribution in [0, 0.1) is 0 Å². The summed E-state index contributed by atoms with van der Waals surface area (Å²) in [6.45, 7) is 1.70. The summed E-state index contributed by atoms with van der Waals surface area (Å²) >= 11 is 0. The third-order valence-electron chi connectivity index (χ3n) is 3.22. The molecule has 0 aliphatic carbocycles. The Morgan fingerprint density at radius 1 is 1.26 bits per heavy atom. The summed E-state index contributed by atoms with van der Waals surface area (Å²) in [5, 5.41) is 7.08. The zero-order chi connectivity index (χ0) is 12.9. The van der Waals surface area contributed by atoms with Crippen LogP contribution in [0.3, 0.4) is 0 Å². The molecular weight excluding hydrogens is 242 g/mol. The lowest BCUT2D eigenvalue weighted by atomic mass is 10.2. The summed E-state index contributed by atoms with van der Waals surface area (Å²) in [5.41, 5.74) is 0.933. The number of hydrogen-bond donors (Lipinski definition) is 1. The van der Waals surface area contributed by atoms with Crippen LogP contribution in [-0.2, 0) is 4.74 Å². The minimum atomic E-state index is 0.382. The van der Waals surface area contributed by atoms with Crippen LogP contribution in [0.4, 0.5) is 5.95 Å². The summed E-state index contributed by atoms with van der Waals surface area (Å²) in [6.07, 6.45) is 3.69. The first-order valence-electron chi connectivity index (χ1n) is 6.66. The molecule has 0 amide bonds. The number of benzene rings is 1. The molecule has 1 aromatic heterocycles. The van der Waals surface area contributed by atoms with Crippen molar-refractivity contribution in [3.8, 4) is 11.5 Å². The van der Waals surface area contributed by atoms with Gasteiger partial charge in [0.1, 0.15) is 0 Å². The van der Waals surface area contributed by atoms with Crippen molar-refractivity contribution in [2.24, 2.45) is 0 Å². The lowest BCUT2D eigenvalue weighted by Gasteiger charge is -2.08. The van der Waals surface area contributed by atoms with Gasteiger partial charge < -0.3 is 14.6 Å². The van der Waals surface area contributed by atoms with E-state index in [-0.39, 0.29) is 0 Å². The van der Waals surface area contributed by atoms with Crippen molar-refractivity contribution in [2.75, 3.05) is 18.5 Å². The maximum atomic E-state index is 5.56. The maximum absolute atomic E-state index is 5.56. The predicted octanol–water partition coefficient (Wildman–Crippen LogP) is 2.72. The Morgan fingerprint density at radius 3 is 2.95 bits per heavy atom. The van der Waals surface area contributed by atoms with Crippen LogP contribution in [0.1, 0.15) is 19.3 Å². The molecule has 0 bridgehead atoms. The highest BCUT2D eigenvalue weighted by molar-refractivity contribution is 5.53. The standard InChI is InChI=1S/C14H17N3O2/c1-2-5-11(6-3-1)13-16-14(17-19-13)15-9-8-12-7-4-10-18-12/h1-3,5-6,12H,4,7-10H2,(H,15,17). The molecule has 0 radical (unpaired) electrons.